The molecule has 1 aliphatic rings. The number of benzene rings is 1. The van der Waals surface area contributed by atoms with Gasteiger partial charge in [-0.1, -0.05) is 30.3 Å². The topological polar surface area (TPSA) is 99.7 Å². The number of anilines is 1. The van der Waals surface area contributed by atoms with Crippen LogP contribution in [0.15, 0.2) is 54.9 Å². The van der Waals surface area contributed by atoms with Crippen LogP contribution < -0.4 is 4.90 Å². The molecule has 36 heavy (non-hydrogen) atoms. The Morgan fingerprint density at radius 2 is 1.83 bits per heavy atom. The van der Waals surface area contributed by atoms with Crippen LogP contribution in [0.2, 0.25) is 0 Å². The smallest absolute Gasteiger partial charge is 0.182 e. The molecule has 1 unspecified atom stereocenters. The van der Waals surface area contributed by atoms with E-state index in [9.17, 15) is 0 Å². The van der Waals surface area contributed by atoms with E-state index in [2.05, 4.69) is 33.4 Å². The van der Waals surface area contributed by atoms with E-state index in [1.807, 2.05) is 54.2 Å². The van der Waals surface area contributed by atoms with Gasteiger partial charge in [0, 0.05) is 38.1 Å². The van der Waals surface area contributed by atoms with Crippen LogP contribution in [0.5, 0.6) is 0 Å². The lowest BCUT2D eigenvalue weighted by molar-refractivity contribution is 0.0987. The lowest BCUT2D eigenvalue weighted by atomic mass is 10.2. The number of hydrogen-bond donors (Lipinski definition) is 0. The van der Waals surface area contributed by atoms with Crippen LogP contribution in [0.1, 0.15) is 13.8 Å². The monoisotopic (exact) mass is 481 g/mol. The zero-order valence-corrected chi connectivity index (χ0v) is 20.5. The van der Waals surface area contributed by atoms with Crippen LogP contribution in [-0.2, 0) is 18.3 Å². The van der Waals surface area contributed by atoms with Gasteiger partial charge in [-0.15, -0.1) is 0 Å². The summed E-state index contributed by atoms with van der Waals surface area (Å²) < 4.78 is 9.65. The van der Waals surface area contributed by atoms with E-state index in [1.165, 1.54) is 0 Å². The second kappa shape index (κ2) is 9.12. The highest BCUT2D eigenvalue weighted by atomic mass is 16.5. The number of imidazole rings is 1. The van der Waals surface area contributed by atoms with Crippen molar-refractivity contribution in [2.45, 2.75) is 26.4 Å². The number of rotatable bonds is 5. The fourth-order valence-electron chi connectivity index (χ4n) is 4.64. The Bertz CT molecular complexity index is 1530. The quantitative estimate of drug-likeness (QED) is 0.375. The molecule has 1 atom stereocenters. The van der Waals surface area contributed by atoms with Gasteiger partial charge >= 0.3 is 0 Å². The van der Waals surface area contributed by atoms with Gasteiger partial charge < -0.3 is 14.2 Å². The van der Waals surface area contributed by atoms with Gasteiger partial charge in [0.1, 0.15) is 11.4 Å². The van der Waals surface area contributed by atoms with Gasteiger partial charge in [0.05, 0.1) is 19.3 Å². The van der Waals surface area contributed by atoms with Crippen molar-refractivity contribution in [1.29, 1.82) is 0 Å². The summed E-state index contributed by atoms with van der Waals surface area (Å²) in [5, 5.41) is 4.35. The van der Waals surface area contributed by atoms with E-state index >= 15 is 0 Å². The van der Waals surface area contributed by atoms with Crippen molar-refractivity contribution < 1.29 is 4.74 Å². The minimum atomic E-state index is 0.155. The number of aryl methyl sites for hydroxylation is 2. The minimum absolute atomic E-state index is 0.155. The largest absolute Gasteiger partial charge is 0.377 e. The molecule has 0 N–H and O–H groups in total. The molecule has 0 saturated carbocycles. The van der Waals surface area contributed by atoms with Crippen LogP contribution in [-0.4, -0.2) is 65.1 Å². The number of fused-ring (bicyclic) bond motifs is 1. The second-order valence-corrected chi connectivity index (χ2v) is 8.81. The number of morpholine rings is 1. The van der Waals surface area contributed by atoms with Gasteiger partial charge in [0.25, 0.3) is 0 Å². The maximum atomic E-state index is 5.71. The summed E-state index contributed by atoms with van der Waals surface area (Å²) in [7, 11) is 1.92. The lowest BCUT2D eigenvalue weighted by Crippen LogP contribution is -2.44. The average Bonchev–Trinajstić information content (AvgIpc) is 3.51. The third-order valence-corrected chi connectivity index (χ3v) is 6.50. The summed E-state index contributed by atoms with van der Waals surface area (Å²) in [5.41, 5.74) is 4.07. The van der Waals surface area contributed by atoms with Crippen molar-refractivity contribution in [1.82, 2.24) is 39.3 Å². The molecule has 1 saturated heterocycles. The first-order chi connectivity index (χ1) is 17.6. The lowest BCUT2D eigenvalue weighted by Gasteiger charge is -2.34. The Kier molecular flexibility index (Phi) is 5.65. The number of hydrogen-bond acceptors (Lipinski definition) is 8. The average molecular weight is 482 g/mol. The fourth-order valence-corrected chi connectivity index (χ4v) is 4.64. The zero-order valence-electron chi connectivity index (χ0n) is 20.5. The van der Waals surface area contributed by atoms with Crippen molar-refractivity contribution in [3.05, 3.63) is 54.9 Å². The predicted molar refractivity (Wildman–Crippen MR) is 137 cm³/mol. The Labute approximate surface area is 208 Å². The minimum Gasteiger partial charge on any atom is -0.377 e. The van der Waals surface area contributed by atoms with E-state index in [-0.39, 0.29) is 6.04 Å². The highest BCUT2D eigenvalue weighted by Crippen LogP contribution is 2.32. The normalized spacial score (nSPS) is 16.1. The number of nitrogens with zero attached hydrogens (tertiary/aromatic N) is 9. The molecule has 4 aromatic heterocycles. The summed E-state index contributed by atoms with van der Waals surface area (Å²) in [6.45, 7) is 6.94. The van der Waals surface area contributed by atoms with Crippen molar-refractivity contribution in [2.24, 2.45) is 7.05 Å². The molecule has 1 aliphatic heterocycles. The van der Waals surface area contributed by atoms with E-state index in [0.717, 1.165) is 40.6 Å². The van der Waals surface area contributed by atoms with E-state index in [4.69, 9.17) is 24.7 Å². The molecule has 10 heteroatoms. The Morgan fingerprint density at radius 3 is 2.58 bits per heavy atom. The van der Waals surface area contributed by atoms with Crippen LogP contribution in [0.3, 0.4) is 0 Å². The van der Waals surface area contributed by atoms with Crippen molar-refractivity contribution in [3.8, 4) is 34.4 Å². The molecule has 5 heterocycles. The molecule has 182 valence electrons. The van der Waals surface area contributed by atoms with Gasteiger partial charge in [-0.2, -0.15) is 5.10 Å². The van der Waals surface area contributed by atoms with Gasteiger partial charge in [0.15, 0.2) is 34.5 Å². The van der Waals surface area contributed by atoms with E-state index in [1.54, 1.807) is 12.4 Å². The first kappa shape index (κ1) is 22.3. The molecular formula is C26H27N9O. The Morgan fingerprint density at radius 1 is 0.972 bits per heavy atom. The summed E-state index contributed by atoms with van der Waals surface area (Å²) in [6.07, 6.45) is 3.54. The molecule has 0 bridgehead atoms. The van der Waals surface area contributed by atoms with Crippen LogP contribution in [0.25, 0.3) is 45.6 Å². The highest BCUT2D eigenvalue weighted by Gasteiger charge is 2.27. The third kappa shape index (κ3) is 3.79. The fraction of sp³-hybridized carbons (Fsp3) is 0.308. The first-order valence-electron chi connectivity index (χ1n) is 12.1. The van der Waals surface area contributed by atoms with E-state index < -0.39 is 0 Å². The summed E-state index contributed by atoms with van der Waals surface area (Å²) >= 11 is 0. The Balaban J connectivity index is 1.58. The highest BCUT2D eigenvalue weighted by molar-refractivity contribution is 5.88. The van der Waals surface area contributed by atoms with Crippen molar-refractivity contribution in [3.63, 3.8) is 0 Å². The van der Waals surface area contributed by atoms with Crippen LogP contribution >= 0.6 is 0 Å². The van der Waals surface area contributed by atoms with Crippen LogP contribution in [0.4, 0.5) is 5.82 Å². The van der Waals surface area contributed by atoms with Crippen LogP contribution in [0, 0.1) is 0 Å². The number of ether oxygens (including phenoxy) is 1. The molecule has 0 spiro atoms. The molecule has 10 nitrogen and oxygen atoms in total. The first-order valence-corrected chi connectivity index (χ1v) is 12.1. The van der Waals surface area contributed by atoms with Gasteiger partial charge in [-0.3, -0.25) is 4.68 Å². The molecule has 6 rings (SSSR count). The van der Waals surface area contributed by atoms with Gasteiger partial charge in [-0.05, 0) is 26.0 Å². The predicted octanol–water partition coefficient (Wildman–Crippen LogP) is 3.60. The molecule has 1 aromatic carbocycles. The molecule has 5 aromatic rings. The SMILES string of the molecule is CCn1c(-c2ccnn2C)nc2c(N3CCOCC3C)nc(-c3ccnc(-c4ccccc4)n3)nc21. The molecule has 0 radical (unpaired) electrons. The van der Waals surface area contributed by atoms with Gasteiger partial charge in [-0.25, -0.2) is 24.9 Å². The maximum absolute atomic E-state index is 5.71. The van der Waals surface area contributed by atoms with Crippen molar-refractivity contribution >= 4 is 17.0 Å². The second-order valence-electron chi connectivity index (χ2n) is 8.81. The zero-order chi connectivity index (χ0) is 24.6. The Hall–Kier alpha value is -4.18. The van der Waals surface area contributed by atoms with Crippen molar-refractivity contribution in [2.75, 3.05) is 24.7 Å². The third-order valence-electron chi connectivity index (χ3n) is 6.50. The maximum Gasteiger partial charge on any atom is 0.182 e. The molecular weight excluding hydrogens is 454 g/mol. The standard InChI is InChI=1S/C26H27N9O/c1-4-34-24(20-11-13-28-33(20)3)30-21-25(34)31-23(32-26(21)35-14-15-36-16-17(35)2)19-10-12-27-22(29-19)18-8-6-5-7-9-18/h5-13,17H,4,14-16H2,1-3H3. The summed E-state index contributed by atoms with van der Waals surface area (Å²) in [4.78, 5) is 26.7. The molecule has 1 fully saturated rings. The molecule has 0 aliphatic carbocycles. The summed E-state index contributed by atoms with van der Waals surface area (Å²) in [6, 6.07) is 13.9. The molecule has 0 amide bonds. The summed E-state index contributed by atoms with van der Waals surface area (Å²) in [5.74, 6) is 2.79. The van der Waals surface area contributed by atoms with E-state index in [0.29, 0.717) is 37.1 Å². The van der Waals surface area contributed by atoms with Gasteiger partial charge in [0.2, 0.25) is 0 Å². The number of aromatic nitrogens is 8.